The summed E-state index contributed by atoms with van der Waals surface area (Å²) < 4.78 is 10.8. The molecule has 0 aliphatic rings. The zero-order valence-electron chi connectivity index (χ0n) is 9.41. The summed E-state index contributed by atoms with van der Waals surface area (Å²) in [6.45, 7) is 2.04. The molecule has 0 aromatic heterocycles. The molecule has 0 atom stereocenters. The molecule has 1 aromatic rings. The minimum atomic E-state index is -2.26. The fraction of sp³-hybridized carbons (Fsp3) is 0.333. The first-order chi connectivity index (χ1) is 7.26. The van der Waals surface area contributed by atoms with Crippen molar-refractivity contribution in [2.24, 2.45) is 0 Å². The molecule has 0 unspecified atom stereocenters. The summed E-state index contributed by atoms with van der Waals surface area (Å²) >= 11 is 0. The monoisotopic (exact) mass is 220 g/mol. The molecule has 0 radical (unpaired) electrons. The summed E-state index contributed by atoms with van der Waals surface area (Å²) in [5.74, 6) is 3.10. The van der Waals surface area contributed by atoms with Gasteiger partial charge in [0.15, 0.2) is 0 Å². The Labute approximate surface area is 92.5 Å². The molecule has 0 heterocycles. The number of benzene rings is 1. The number of hydrogen-bond donors (Lipinski definition) is 0. The van der Waals surface area contributed by atoms with Crippen molar-refractivity contribution >= 4 is 8.56 Å². The van der Waals surface area contributed by atoms with Crippen LogP contribution >= 0.6 is 0 Å². The molecule has 1 rings (SSSR count). The summed E-state index contributed by atoms with van der Waals surface area (Å²) in [7, 11) is 1.07. The summed E-state index contributed by atoms with van der Waals surface area (Å²) in [6, 6.07) is 10.7. The highest BCUT2D eigenvalue weighted by atomic mass is 28.4. The van der Waals surface area contributed by atoms with Crippen molar-refractivity contribution in [1.29, 1.82) is 0 Å². The Hall–Kier alpha value is -1.08. The average molecular weight is 220 g/mol. The second kappa shape index (κ2) is 5.71. The molecule has 0 spiro atoms. The number of rotatable bonds is 3. The summed E-state index contributed by atoms with van der Waals surface area (Å²) in [5.41, 5.74) is 4.14. The van der Waals surface area contributed by atoms with Gasteiger partial charge in [-0.25, -0.2) is 0 Å². The molecular formula is C12H16O2Si. The minimum absolute atomic E-state index is 0.833. The SMILES string of the molecule is CC[Si](C#Cc1ccccc1)(OC)OC. The molecule has 15 heavy (non-hydrogen) atoms. The van der Waals surface area contributed by atoms with E-state index in [2.05, 4.69) is 11.5 Å². The molecule has 0 saturated heterocycles. The second-order valence-electron chi connectivity index (χ2n) is 3.13. The lowest BCUT2D eigenvalue weighted by Crippen LogP contribution is -2.37. The van der Waals surface area contributed by atoms with E-state index in [1.54, 1.807) is 14.2 Å². The van der Waals surface area contributed by atoms with Crippen LogP contribution in [0.3, 0.4) is 0 Å². The molecule has 3 heteroatoms. The Morgan fingerprint density at radius 1 is 1.13 bits per heavy atom. The lowest BCUT2D eigenvalue weighted by Gasteiger charge is -2.18. The van der Waals surface area contributed by atoms with E-state index >= 15 is 0 Å². The van der Waals surface area contributed by atoms with Crippen LogP contribution in [0.1, 0.15) is 12.5 Å². The Bertz CT molecular complexity index is 339. The topological polar surface area (TPSA) is 18.5 Å². The first kappa shape index (κ1) is 12.0. The highest BCUT2D eigenvalue weighted by Gasteiger charge is 2.31. The molecule has 0 N–H and O–H groups in total. The third kappa shape index (κ3) is 3.20. The van der Waals surface area contributed by atoms with Crippen molar-refractivity contribution in [3.63, 3.8) is 0 Å². The summed E-state index contributed by atoms with van der Waals surface area (Å²) in [6.07, 6.45) is 0. The quantitative estimate of drug-likeness (QED) is 0.575. The smallest absolute Gasteiger partial charge is 0.389 e. The van der Waals surface area contributed by atoms with Gasteiger partial charge in [-0.15, -0.1) is 0 Å². The minimum Gasteiger partial charge on any atom is -0.389 e. The van der Waals surface area contributed by atoms with Gasteiger partial charge in [-0.3, -0.25) is 0 Å². The van der Waals surface area contributed by atoms with Gasteiger partial charge >= 0.3 is 8.56 Å². The maximum atomic E-state index is 5.40. The van der Waals surface area contributed by atoms with Crippen LogP contribution in [0, 0.1) is 11.5 Å². The largest absolute Gasteiger partial charge is 0.423 e. The summed E-state index contributed by atoms with van der Waals surface area (Å²) in [5, 5.41) is 0. The predicted molar refractivity (Wildman–Crippen MR) is 63.6 cm³/mol. The third-order valence-electron chi connectivity index (χ3n) is 2.30. The van der Waals surface area contributed by atoms with E-state index < -0.39 is 8.56 Å². The van der Waals surface area contributed by atoms with Gasteiger partial charge < -0.3 is 8.85 Å². The maximum absolute atomic E-state index is 5.40. The van der Waals surface area contributed by atoms with Crippen LogP contribution in [0.5, 0.6) is 0 Å². The molecular weight excluding hydrogens is 204 g/mol. The molecule has 0 aliphatic carbocycles. The molecule has 0 fully saturated rings. The first-order valence-corrected chi connectivity index (χ1v) is 6.97. The van der Waals surface area contributed by atoms with E-state index in [0.29, 0.717) is 0 Å². The highest BCUT2D eigenvalue weighted by Crippen LogP contribution is 2.09. The second-order valence-corrected chi connectivity index (χ2v) is 6.41. The first-order valence-electron chi connectivity index (χ1n) is 4.95. The molecule has 0 aliphatic heterocycles. The maximum Gasteiger partial charge on any atom is 0.423 e. The Morgan fingerprint density at radius 2 is 1.73 bits per heavy atom. The van der Waals surface area contributed by atoms with Gasteiger partial charge in [0.25, 0.3) is 0 Å². The van der Waals surface area contributed by atoms with Gasteiger partial charge in [0.2, 0.25) is 0 Å². The zero-order chi connectivity index (χ0) is 11.1. The van der Waals surface area contributed by atoms with Crippen molar-refractivity contribution in [3.8, 4) is 11.5 Å². The van der Waals surface area contributed by atoms with E-state index in [1.807, 2.05) is 37.3 Å². The lowest BCUT2D eigenvalue weighted by molar-refractivity contribution is 0.260. The van der Waals surface area contributed by atoms with Crippen LogP contribution in [-0.2, 0) is 8.85 Å². The Balaban J connectivity index is 2.88. The Kier molecular flexibility index (Phi) is 4.57. The van der Waals surface area contributed by atoms with E-state index in [0.717, 1.165) is 11.6 Å². The van der Waals surface area contributed by atoms with E-state index in [4.69, 9.17) is 8.85 Å². The predicted octanol–water partition coefficient (Wildman–Crippen LogP) is 2.33. The van der Waals surface area contributed by atoms with E-state index in [9.17, 15) is 0 Å². The van der Waals surface area contributed by atoms with E-state index in [-0.39, 0.29) is 0 Å². The van der Waals surface area contributed by atoms with Crippen molar-refractivity contribution in [2.45, 2.75) is 13.0 Å². The number of hydrogen-bond acceptors (Lipinski definition) is 2. The van der Waals surface area contributed by atoms with Gasteiger partial charge in [0.1, 0.15) is 0 Å². The average Bonchev–Trinajstić information content (AvgIpc) is 2.33. The van der Waals surface area contributed by atoms with Crippen LogP contribution in [0.2, 0.25) is 6.04 Å². The zero-order valence-corrected chi connectivity index (χ0v) is 10.4. The van der Waals surface area contributed by atoms with Gasteiger partial charge in [-0.05, 0) is 18.2 Å². The van der Waals surface area contributed by atoms with Crippen LogP contribution in [-0.4, -0.2) is 22.8 Å². The third-order valence-corrected chi connectivity index (χ3v) is 5.05. The normalized spacial score (nSPS) is 10.6. The van der Waals surface area contributed by atoms with Crippen LogP contribution in [0.15, 0.2) is 30.3 Å². The molecule has 0 amide bonds. The molecule has 0 bridgehead atoms. The van der Waals surface area contributed by atoms with Crippen molar-refractivity contribution in [2.75, 3.05) is 14.2 Å². The molecule has 1 aromatic carbocycles. The standard InChI is InChI=1S/C12H16O2Si/c1-4-15(13-2,14-3)11-10-12-8-6-5-7-9-12/h5-9H,4H2,1-3H3. The van der Waals surface area contributed by atoms with Crippen molar-refractivity contribution in [3.05, 3.63) is 35.9 Å². The van der Waals surface area contributed by atoms with Crippen molar-refractivity contribution < 1.29 is 8.85 Å². The van der Waals surface area contributed by atoms with Crippen LogP contribution in [0.25, 0.3) is 0 Å². The molecule has 0 saturated carbocycles. The van der Waals surface area contributed by atoms with Crippen LogP contribution in [0.4, 0.5) is 0 Å². The van der Waals surface area contributed by atoms with Crippen LogP contribution < -0.4 is 0 Å². The lowest BCUT2D eigenvalue weighted by atomic mass is 10.2. The highest BCUT2D eigenvalue weighted by molar-refractivity contribution is 6.75. The van der Waals surface area contributed by atoms with Gasteiger partial charge in [-0.1, -0.05) is 36.6 Å². The molecule has 2 nitrogen and oxygen atoms in total. The van der Waals surface area contributed by atoms with Gasteiger partial charge in [0, 0.05) is 19.8 Å². The van der Waals surface area contributed by atoms with Crippen molar-refractivity contribution in [1.82, 2.24) is 0 Å². The molecule has 80 valence electrons. The fourth-order valence-corrected chi connectivity index (χ4v) is 2.71. The summed E-state index contributed by atoms with van der Waals surface area (Å²) in [4.78, 5) is 0. The fourth-order valence-electron chi connectivity index (χ4n) is 1.25. The van der Waals surface area contributed by atoms with Gasteiger partial charge in [0.05, 0.1) is 0 Å². The van der Waals surface area contributed by atoms with Gasteiger partial charge in [-0.2, -0.15) is 0 Å². The Morgan fingerprint density at radius 3 is 2.20 bits per heavy atom. The van der Waals surface area contributed by atoms with E-state index in [1.165, 1.54) is 0 Å².